The van der Waals surface area contributed by atoms with Crippen LogP contribution in [0.15, 0.2) is 24.3 Å². The van der Waals surface area contributed by atoms with Gasteiger partial charge in [-0.3, -0.25) is 9.59 Å². The first-order valence-electron chi connectivity index (χ1n) is 4.09. The number of hydrogen-bond acceptors (Lipinski definition) is 3. The third-order valence-corrected chi connectivity index (χ3v) is 1.74. The number of Topliss-reactive ketones (excluding diaryl/α,β-unsaturated/α-hetero) is 1. The van der Waals surface area contributed by atoms with Crippen molar-refractivity contribution in [2.75, 3.05) is 7.11 Å². The van der Waals surface area contributed by atoms with Crippen molar-refractivity contribution >= 4 is 11.7 Å². The van der Waals surface area contributed by atoms with Crippen LogP contribution >= 0.6 is 0 Å². The van der Waals surface area contributed by atoms with Crippen molar-refractivity contribution in [3.05, 3.63) is 29.8 Å². The Morgan fingerprint density at radius 3 is 2.57 bits per heavy atom. The highest BCUT2D eigenvalue weighted by atomic mass is 16.5. The first-order chi connectivity index (χ1) is 6.65. The first kappa shape index (κ1) is 10.2. The second kappa shape index (κ2) is 4.41. The maximum atomic E-state index is 11.5. The third kappa shape index (κ3) is 2.32. The summed E-state index contributed by atoms with van der Waals surface area (Å²) in [6.45, 7) is 0. The normalized spacial score (nSPS) is 9.50. The van der Waals surface area contributed by atoms with Crippen molar-refractivity contribution in [1.29, 1.82) is 0 Å². The van der Waals surface area contributed by atoms with E-state index in [0.29, 0.717) is 11.3 Å². The van der Waals surface area contributed by atoms with Crippen molar-refractivity contribution in [3.63, 3.8) is 0 Å². The standard InChI is InChI=1S/C10H11NO3/c1-14-9-5-3-2-4-7(9)8(12)6-10(11)13/h2-5H,6H2,1H3,(H2,11,13). The number of carbonyl (C=O) groups is 2. The fourth-order valence-electron chi connectivity index (χ4n) is 1.13. The number of rotatable bonds is 4. The minimum Gasteiger partial charge on any atom is -0.496 e. The Balaban J connectivity index is 2.94. The van der Waals surface area contributed by atoms with E-state index in [4.69, 9.17) is 10.5 Å². The van der Waals surface area contributed by atoms with E-state index in [-0.39, 0.29) is 12.2 Å². The van der Waals surface area contributed by atoms with Crippen LogP contribution in [0.25, 0.3) is 0 Å². The molecule has 0 heterocycles. The summed E-state index contributed by atoms with van der Waals surface area (Å²) in [6, 6.07) is 6.72. The van der Waals surface area contributed by atoms with E-state index in [1.165, 1.54) is 7.11 Å². The summed E-state index contributed by atoms with van der Waals surface area (Å²) in [5.74, 6) is -0.505. The summed E-state index contributed by atoms with van der Waals surface area (Å²) < 4.78 is 4.98. The van der Waals surface area contributed by atoms with Gasteiger partial charge in [0.15, 0.2) is 5.78 Å². The van der Waals surface area contributed by atoms with Gasteiger partial charge in [0.05, 0.1) is 19.1 Å². The Hall–Kier alpha value is -1.84. The van der Waals surface area contributed by atoms with E-state index in [9.17, 15) is 9.59 Å². The average Bonchev–Trinajstić information content (AvgIpc) is 2.16. The Morgan fingerprint density at radius 1 is 1.36 bits per heavy atom. The van der Waals surface area contributed by atoms with Crippen molar-refractivity contribution in [2.24, 2.45) is 5.73 Å². The van der Waals surface area contributed by atoms with Crippen LogP contribution in [0.3, 0.4) is 0 Å². The molecule has 0 spiro atoms. The van der Waals surface area contributed by atoms with Crippen LogP contribution in [0.1, 0.15) is 16.8 Å². The largest absolute Gasteiger partial charge is 0.496 e. The van der Waals surface area contributed by atoms with Crippen molar-refractivity contribution < 1.29 is 14.3 Å². The molecule has 0 aromatic heterocycles. The molecule has 1 rings (SSSR count). The summed E-state index contributed by atoms with van der Waals surface area (Å²) in [6.07, 6.45) is -0.291. The molecular weight excluding hydrogens is 182 g/mol. The minimum atomic E-state index is -0.638. The van der Waals surface area contributed by atoms with E-state index in [0.717, 1.165) is 0 Å². The van der Waals surface area contributed by atoms with Crippen LogP contribution < -0.4 is 10.5 Å². The molecule has 4 heteroatoms. The zero-order valence-corrected chi connectivity index (χ0v) is 7.82. The molecule has 0 aliphatic rings. The molecule has 2 N–H and O–H groups in total. The molecule has 0 bridgehead atoms. The maximum absolute atomic E-state index is 11.5. The zero-order chi connectivity index (χ0) is 10.6. The molecule has 1 aromatic carbocycles. The van der Waals surface area contributed by atoms with E-state index < -0.39 is 5.91 Å². The fraction of sp³-hybridized carbons (Fsp3) is 0.200. The molecule has 0 aliphatic carbocycles. The molecule has 4 nitrogen and oxygen atoms in total. The Morgan fingerprint density at radius 2 is 2.00 bits per heavy atom. The first-order valence-corrected chi connectivity index (χ1v) is 4.09. The summed E-state index contributed by atoms with van der Waals surface area (Å²) in [7, 11) is 1.47. The van der Waals surface area contributed by atoms with E-state index in [1.807, 2.05) is 0 Å². The average molecular weight is 193 g/mol. The smallest absolute Gasteiger partial charge is 0.225 e. The second-order valence-corrected chi connectivity index (χ2v) is 2.77. The van der Waals surface area contributed by atoms with Crippen LogP contribution in [0.5, 0.6) is 5.75 Å². The Labute approximate surface area is 81.7 Å². The Kier molecular flexibility index (Phi) is 3.23. The molecule has 0 unspecified atom stereocenters. The number of methoxy groups -OCH3 is 1. The van der Waals surface area contributed by atoms with Gasteiger partial charge in [0.25, 0.3) is 0 Å². The number of amides is 1. The summed E-state index contributed by atoms with van der Waals surface area (Å²) >= 11 is 0. The van der Waals surface area contributed by atoms with Gasteiger partial charge in [-0.05, 0) is 12.1 Å². The van der Waals surface area contributed by atoms with Crippen LogP contribution in [-0.4, -0.2) is 18.8 Å². The molecule has 0 saturated heterocycles. The molecule has 74 valence electrons. The number of primary amides is 1. The highest BCUT2D eigenvalue weighted by Crippen LogP contribution is 2.18. The fourth-order valence-corrected chi connectivity index (χ4v) is 1.13. The minimum absolute atomic E-state index is 0.291. The topological polar surface area (TPSA) is 69.4 Å². The molecule has 14 heavy (non-hydrogen) atoms. The SMILES string of the molecule is COc1ccccc1C(=O)CC(N)=O. The third-order valence-electron chi connectivity index (χ3n) is 1.74. The summed E-state index contributed by atoms with van der Waals surface area (Å²) in [5.41, 5.74) is 5.30. The quantitative estimate of drug-likeness (QED) is 0.566. The number of benzene rings is 1. The van der Waals surface area contributed by atoms with Crippen molar-refractivity contribution in [3.8, 4) is 5.75 Å². The molecule has 1 aromatic rings. The lowest BCUT2D eigenvalue weighted by molar-refractivity contribution is -0.117. The van der Waals surface area contributed by atoms with E-state index in [2.05, 4.69) is 0 Å². The van der Waals surface area contributed by atoms with Gasteiger partial charge in [-0.2, -0.15) is 0 Å². The number of carbonyl (C=O) groups excluding carboxylic acids is 2. The van der Waals surface area contributed by atoms with Gasteiger partial charge >= 0.3 is 0 Å². The highest BCUT2D eigenvalue weighted by molar-refractivity contribution is 6.08. The van der Waals surface area contributed by atoms with Crippen LogP contribution in [0.2, 0.25) is 0 Å². The second-order valence-electron chi connectivity index (χ2n) is 2.77. The highest BCUT2D eigenvalue weighted by Gasteiger charge is 2.13. The lowest BCUT2D eigenvalue weighted by Gasteiger charge is -2.05. The van der Waals surface area contributed by atoms with Crippen molar-refractivity contribution in [2.45, 2.75) is 6.42 Å². The number of ether oxygens (including phenoxy) is 1. The van der Waals surface area contributed by atoms with E-state index in [1.54, 1.807) is 24.3 Å². The molecular formula is C10H11NO3. The summed E-state index contributed by atoms with van der Waals surface area (Å²) in [5, 5.41) is 0. The predicted molar refractivity (Wildman–Crippen MR) is 51.1 cm³/mol. The predicted octanol–water partition coefficient (Wildman–Crippen LogP) is 0.753. The monoisotopic (exact) mass is 193 g/mol. The van der Waals surface area contributed by atoms with Crippen LogP contribution in [0, 0.1) is 0 Å². The van der Waals surface area contributed by atoms with Gasteiger partial charge in [-0.25, -0.2) is 0 Å². The van der Waals surface area contributed by atoms with Gasteiger partial charge in [-0.15, -0.1) is 0 Å². The molecule has 0 aliphatic heterocycles. The van der Waals surface area contributed by atoms with Crippen LogP contribution in [-0.2, 0) is 4.79 Å². The number of nitrogens with two attached hydrogens (primary N) is 1. The van der Waals surface area contributed by atoms with Gasteiger partial charge in [-0.1, -0.05) is 12.1 Å². The maximum Gasteiger partial charge on any atom is 0.225 e. The number of hydrogen-bond donors (Lipinski definition) is 1. The summed E-state index contributed by atoms with van der Waals surface area (Å²) in [4.78, 5) is 22.0. The molecule has 0 fully saturated rings. The zero-order valence-electron chi connectivity index (χ0n) is 7.82. The lowest BCUT2D eigenvalue weighted by Crippen LogP contribution is -2.16. The van der Waals surface area contributed by atoms with E-state index >= 15 is 0 Å². The van der Waals surface area contributed by atoms with Gasteiger partial charge in [0, 0.05) is 0 Å². The molecule has 1 amide bonds. The molecule has 0 saturated carbocycles. The van der Waals surface area contributed by atoms with Crippen LogP contribution in [0.4, 0.5) is 0 Å². The number of para-hydroxylation sites is 1. The molecule has 0 radical (unpaired) electrons. The number of ketones is 1. The van der Waals surface area contributed by atoms with Gasteiger partial charge in [0.1, 0.15) is 5.75 Å². The van der Waals surface area contributed by atoms with Crippen molar-refractivity contribution in [1.82, 2.24) is 0 Å². The van der Waals surface area contributed by atoms with Gasteiger partial charge < -0.3 is 10.5 Å². The van der Waals surface area contributed by atoms with Gasteiger partial charge in [0.2, 0.25) is 5.91 Å². The lowest BCUT2D eigenvalue weighted by atomic mass is 10.1. The molecule has 0 atom stereocenters. The Bertz CT molecular complexity index is 360.